The first-order chi connectivity index (χ1) is 4.97. The maximum Gasteiger partial charge on any atom is 0.124 e. The summed E-state index contributed by atoms with van der Waals surface area (Å²) in [4.78, 5) is 4.13. The van der Waals surface area contributed by atoms with Gasteiger partial charge in [0.05, 0.1) is 5.38 Å². The molecular weight excluding hydrogens is 162 g/mol. The van der Waals surface area contributed by atoms with E-state index < -0.39 is 0 Å². The van der Waals surface area contributed by atoms with Crippen molar-refractivity contribution >= 4 is 22.7 Å². The number of thiophene rings is 1. The quantitative estimate of drug-likeness (QED) is 0.634. The second-order valence-corrected chi connectivity index (χ2v) is 3.40. The number of aromatic nitrogens is 1. The van der Waals surface area contributed by atoms with Gasteiger partial charge in [-0.1, -0.05) is 0 Å². The van der Waals surface area contributed by atoms with Crippen molar-refractivity contribution in [3.05, 3.63) is 28.4 Å². The van der Waals surface area contributed by atoms with Gasteiger partial charge in [-0.15, -0.1) is 11.3 Å². The highest BCUT2D eigenvalue weighted by atomic mass is 32.1. The molecule has 0 amide bonds. The highest BCUT2D eigenvalue weighted by Crippen LogP contribution is 2.22. The van der Waals surface area contributed by atoms with Gasteiger partial charge in [-0.25, -0.2) is 4.98 Å². The van der Waals surface area contributed by atoms with Crippen molar-refractivity contribution in [2.24, 2.45) is 0 Å². The molecule has 0 N–H and O–H groups in total. The standard InChI is InChI=1S/C7H4NS2/c1-3-9-5-6(1)7-8-2-4-10-7/h1-3,5H. The van der Waals surface area contributed by atoms with Crippen LogP contribution in [0.5, 0.6) is 0 Å². The van der Waals surface area contributed by atoms with Crippen LogP contribution in [0.2, 0.25) is 0 Å². The van der Waals surface area contributed by atoms with Gasteiger partial charge < -0.3 is 0 Å². The number of thiazole rings is 1. The lowest BCUT2D eigenvalue weighted by Crippen LogP contribution is -1.65. The van der Waals surface area contributed by atoms with E-state index in [1.807, 2.05) is 0 Å². The summed E-state index contributed by atoms with van der Waals surface area (Å²) in [6, 6.07) is 2.07. The van der Waals surface area contributed by atoms with Crippen molar-refractivity contribution in [2.75, 3.05) is 0 Å². The lowest BCUT2D eigenvalue weighted by molar-refractivity contribution is 1.42. The Bertz CT molecular complexity index is 251. The van der Waals surface area contributed by atoms with Crippen LogP contribution in [-0.4, -0.2) is 4.98 Å². The normalized spacial score (nSPS) is 10.0. The van der Waals surface area contributed by atoms with Gasteiger partial charge in [-0.3, -0.25) is 0 Å². The first-order valence-corrected chi connectivity index (χ1v) is 4.57. The van der Waals surface area contributed by atoms with Crippen molar-refractivity contribution in [2.45, 2.75) is 0 Å². The molecule has 2 aromatic rings. The van der Waals surface area contributed by atoms with E-state index in [2.05, 4.69) is 27.2 Å². The Balaban J connectivity index is 2.48. The first kappa shape index (κ1) is 6.07. The fourth-order valence-electron chi connectivity index (χ4n) is 0.713. The third-order valence-electron chi connectivity index (χ3n) is 1.16. The summed E-state index contributed by atoms with van der Waals surface area (Å²) in [5.74, 6) is 0. The molecule has 0 unspecified atom stereocenters. The average molecular weight is 166 g/mol. The number of rotatable bonds is 1. The van der Waals surface area contributed by atoms with Gasteiger partial charge in [0.1, 0.15) is 5.01 Å². The van der Waals surface area contributed by atoms with E-state index in [0.717, 1.165) is 5.01 Å². The Morgan fingerprint density at radius 2 is 2.50 bits per heavy atom. The second kappa shape index (κ2) is 2.52. The zero-order valence-corrected chi connectivity index (χ0v) is 6.71. The van der Waals surface area contributed by atoms with E-state index in [1.165, 1.54) is 5.56 Å². The lowest BCUT2D eigenvalue weighted by atomic mass is 10.4. The maximum absolute atomic E-state index is 4.13. The molecule has 0 aliphatic rings. The Kier molecular flexibility index (Phi) is 1.53. The molecule has 0 aromatic carbocycles. The van der Waals surface area contributed by atoms with Crippen molar-refractivity contribution in [3.8, 4) is 10.6 Å². The summed E-state index contributed by atoms with van der Waals surface area (Å²) in [6.45, 7) is 0. The summed E-state index contributed by atoms with van der Waals surface area (Å²) < 4.78 is 0. The molecule has 0 bridgehead atoms. The van der Waals surface area contributed by atoms with Crippen LogP contribution in [-0.2, 0) is 0 Å². The molecule has 0 saturated carbocycles. The summed E-state index contributed by atoms with van der Waals surface area (Å²) in [5, 5.41) is 8.15. The average Bonchev–Trinajstić information content (AvgIpc) is 2.59. The van der Waals surface area contributed by atoms with Gasteiger partial charge in [-0.2, -0.15) is 11.3 Å². The van der Waals surface area contributed by atoms with Gasteiger partial charge in [0.2, 0.25) is 0 Å². The molecule has 3 heteroatoms. The minimum absolute atomic E-state index is 1.06. The molecule has 10 heavy (non-hydrogen) atoms. The Morgan fingerprint density at radius 3 is 3.10 bits per heavy atom. The highest BCUT2D eigenvalue weighted by molar-refractivity contribution is 7.13. The van der Waals surface area contributed by atoms with E-state index in [0.29, 0.717) is 0 Å². The summed E-state index contributed by atoms with van der Waals surface area (Å²) >= 11 is 3.24. The molecule has 2 heterocycles. The molecule has 0 atom stereocenters. The third kappa shape index (κ3) is 0.978. The van der Waals surface area contributed by atoms with E-state index in [4.69, 9.17) is 0 Å². The van der Waals surface area contributed by atoms with E-state index in [9.17, 15) is 0 Å². The third-order valence-corrected chi connectivity index (χ3v) is 2.60. The Morgan fingerprint density at radius 1 is 1.50 bits per heavy atom. The van der Waals surface area contributed by atoms with Crippen LogP contribution >= 0.6 is 22.7 Å². The molecule has 0 aliphatic heterocycles. The number of hydrogen-bond acceptors (Lipinski definition) is 3. The van der Waals surface area contributed by atoms with Gasteiger partial charge in [-0.05, 0) is 11.4 Å². The van der Waals surface area contributed by atoms with E-state index in [-0.39, 0.29) is 0 Å². The predicted octanol–water partition coefficient (Wildman–Crippen LogP) is 2.67. The fraction of sp³-hybridized carbons (Fsp3) is 0. The number of hydrogen-bond donors (Lipinski definition) is 0. The molecule has 2 rings (SSSR count). The van der Waals surface area contributed by atoms with Crippen molar-refractivity contribution in [1.82, 2.24) is 4.98 Å². The zero-order chi connectivity index (χ0) is 6.81. The van der Waals surface area contributed by atoms with Crippen molar-refractivity contribution in [1.29, 1.82) is 0 Å². The van der Waals surface area contributed by atoms with Crippen LogP contribution in [0.3, 0.4) is 0 Å². The molecule has 1 radical (unpaired) electrons. The Hall–Kier alpha value is -0.670. The van der Waals surface area contributed by atoms with E-state index >= 15 is 0 Å². The summed E-state index contributed by atoms with van der Waals surface area (Å²) in [7, 11) is 0. The molecule has 0 saturated heterocycles. The lowest BCUT2D eigenvalue weighted by Gasteiger charge is -1.83. The molecule has 1 nitrogen and oxygen atoms in total. The minimum atomic E-state index is 1.06. The van der Waals surface area contributed by atoms with Crippen molar-refractivity contribution in [3.63, 3.8) is 0 Å². The summed E-state index contributed by atoms with van der Waals surface area (Å²) in [5.41, 5.74) is 1.20. The van der Waals surface area contributed by atoms with Gasteiger partial charge in [0.15, 0.2) is 0 Å². The monoisotopic (exact) mass is 166 g/mol. The van der Waals surface area contributed by atoms with Crippen LogP contribution in [0.25, 0.3) is 10.6 Å². The molecule has 49 valence electrons. The minimum Gasteiger partial charge on any atom is -0.244 e. The van der Waals surface area contributed by atoms with Gasteiger partial charge in [0.25, 0.3) is 0 Å². The van der Waals surface area contributed by atoms with E-state index in [1.54, 1.807) is 28.9 Å². The smallest absolute Gasteiger partial charge is 0.124 e. The van der Waals surface area contributed by atoms with Crippen LogP contribution in [0, 0.1) is 5.38 Å². The van der Waals surface area contributed by atoms with Crippen LogP contribution in [0.4, 0.5) is 0 Å². The zero-order valence-electron chi connectivity index (χ0n) is 5.07. The fourth-order valence-corrected chi connectivity index (χ4v) is 2.00. The largest absolute Gasteiger partial charge is 0.244 e. The maximum atomic E-state index is 4.13. The second-order valence-electron chi connectivity index (χ2n) is 1.80. The highest BCUT2D eigenvalue weighted by Gasteiger charge is 1.97. The topological polar surface area (TPSA) is 12.9 Å². The molecule has 0 spiro atoms. The van der Waals surface area contributed by atoms with Gasteiger partial charge in [0, 0.05) is 17.1 Å². The molecule has 2 aromatic heterocycles. The summed E-state index contributed by atoms with van der Waals surface area (Å²) in [6.07, 6.45) is 1.71. The van der Waals surface area contributed by atoms with Gasteiger partial charge >= 0.3 is 0 Å². The van der Waals surface area contributed by atoms with Crippen LogP contribution < -0.4 is 0 Å². The molecule has 0 fully saturated rings. The van der Waals surface area contributed by atoms with Crippen LogP contribution in [0.15, 0.2) is 23.0 Å². The molecule has 0 aliphatic carbocycles. The Labute approximate surface area is 67.0 Å². The number of nitrogens with zero attached hydrogens (tertiary/aromatic N) is 1. The van der Waals surface area contributed by atoms with Crippen LogP contribution in [0.1, 0.15) is 0 Å². The SMILES string of the molecule is [c]1cnc(-c2ccsc2)s1. The first-order valence-electron chi connectivity index (χ1n) is 2.81. The predicted molar refractivity (Wildman–Crippen MR) is 44.3 cm³/mol. The van der Waals surface area contributed by atoms with Crippen molar-refractivity contribution < 1.29 is 0 Å². The molecular formula is C7H4NS2.